The molecule has 17 heavy (non-hydrogen) atoms. The Labute approximate surface area is 101 Å². The first-order chi connectivity index (χ1) is 8.19. The normalized spacial score (nSPS) is 22.8. The minimum Gasteiger partial charge on any atom is -0.496 e. The van der Waals surface area contributed by atoms with Gasteiger partial charge < -0.3 is 14.8 Å². The van der Waals surface area contributed by atoms with E-state index in [1.54, 1.807) is 7.11 Å². The fourth-order valence-corrected chi connectivity index (χ4v) is 2.35. The molecule has 1 aliphatic heterocycles. The van der Waals surface area contributed by atoms with Gasteiger partial charge in [-0.25, -0.2) is 4.79 Å². The highest BCUT2D eigenvalue weighted by molar-refractivity contribution is 5.79. The molecule has 0 bridgehead atoms. The average Bonchev–Trinajstić information content (AvgIpc) is 2.37. The molecule has 92 valence electrons. The van der Waals surface area contributed by atoms with Gasteiger partial charge in [0.1, 0.15) is 11.8 Å². The molecule has 1 heterocycles. The third-order valence-electron chi connectivity index (χ3n) is 3.19. The SMILES string of the molecule is COC(=O)C1NCC(C)c2c(OC)cccc21. The highest BCUT2D eigenvalue weighted by atomic mass is 16.5. The lowest BCUT2D eigenvalue weighted by Crippen LogP contribution is -2.37. The molecule has 0 radical (unpaired) electrons. The van der Waals surface area contributed by atoms with Crippen molar-refractivity contribution >= 4 is 5.97 Å². The van der Waals surface area contributed by atoms with E-state index in [-0.39, 0.29) is 12.0 Å². The van der Waals surface area contributed by atoms with Crippen molar-refractivity contribution in [3.05, 3.63) is 29.3 Å². The first-order valence-corrected chi connectivity index (χ1v) is 5.67. The van der Waals surface area contributed by atoms with Crippen LogP contribution in [-0.2, 0) is 9.53 Å². The Balaban J connectivity index is 2.49. The van der Waals surface area contributed by atoms with Crippen LogP contribution in [-0.4, -0.2) is 26.7 Å². The predicted molar refractivity (Wildman–Crippen MR) is 64.2 cm³/mol. The molecule has 1 aliphatic rings. The van der Waals surface area contributed by atoms with Crippen LogP contribution in [0, 0.1) is 0 Å². The maximum Gasteiger partial charge on any atom is 0.327 e. The first-order valence-electron chi connectivity index (χ1n) is 5.67. The van der Waals surface area contributed by atoms with Gasteiger partial charge in [0, 0.05) is 12.1 Å². The maximum atomic E-state index is 11.7. The van der Waals surface area contributed by atoms with Gasteiger partial charge in [-0.1, -0.05) is 19.1 Å². The van der Waals surface area contributed by atoms with Crippen molar-refractivity contribution in [1.29, 1.82) is 0 Å². The molecule has 2 rings (SSSR count). The lowest BCUT2D eigenvalue weighted by Gasteiger charge is -2.30. The van der Waals surface area contributed by atoms with Crippen molar-refractivity contribution in [2.75, 3.05) is 20.8 Å². The average molecular weight is 235 g/mol. The molecule has 4 heteroatoms. The molecule has 1 aromatic rings. The Hall–Kier alpha value is -1.55. The summed E-state index contributed by atoms with van der Waals surface area (Å²) < 4.78 is 10.2. The van der Waals surface area contributed by atoms with E-state index in [1.165, 1.54) is 7.11 Å². The largest absolute Gasteiger partial charge is 0.496 e. The zero-order valence-electron chi connectivity index (χ0n) is 10.3. The third-order valence-corrected chi connectivity index (χ3v) is 3.19. The summed E-state index contributed by atoms with van der Waals surface area (Å²) in [4.78, 5) is 11.7. The van der Waals surface area contributed by atoms with Gasteiger partial charge in [0.25, 0.3) is 0 Å². The van der Waals surface area contributed by atoms with E-state index in [4.69, 9.17) is 9.47 Å². The van der Waals surface area contributed by atoms with E-state index in [2.05, 4.69) is 12.2 Å². The van der Waals surface area contributed by atoms with Crippen LogP contribution >= 0.6 is 0 Å². The lowest BCUT2D eigenvalue weighted by molar-refractivity contribution is -0.143. The highest BCUT2D eigenvalue weighted by Crippen LogP contribution is 2.36. The van der Waals surface area contributed by atoms with Crippen LogP contribution in [0.2, 0.25) is 0 Å². The van der Waals surface area contributed by atoms with E-state index < -0.39 is 0 Å². The number of ether oxygens (including phenoxy) is 2. The maximum absolute atomic E-state index is 11.7. The number of methoxy groups -OCH3 is 2. The molecule has 0 saturated heterocycles. The Bertz CT molecular complexity index is 431. The summed E-state index contributed by atoms with van der Waals surface area (Å²) in [5.74, 6) is 0.902. The molecular weight excluding hydrogens is 218 g/mol. The molecule has 0 aliphatic carbocycles. The van der Waals surface area contributed by atoms with Gasteiger partial charge in [-0.2, -0.15) is 0 Å². The van der Waals surface area contributed by atoms with E-state index in [0.29, 0.717) is 5.92 Å². The monoisotopic (exact) mass is 235 g/mol. The quantitative estimate of drug-likeness (QED) is 0.791. The zero-order valence-corrected chi connectivity index (χ0v) is 10.3. The summed E-state index contributed by atoms with van der Waals surface area (Å²) in [6.45, 7) is 2.86. The fourth-order valence-electron chi connectivity index (χ4n) is 2.35. The minimum atomic E-state index is -0.388. The summed E-state index contributed by atoms with van der Waals surface area (Å²) in [6, 6.07) is 5.38. The summed E-state index contributed by atoms with van der Waals surface area (Å²) in [5, 5.41) is 3.20. The van der Waals surface area contributed by atoms with E-state index in [9.17, 15) is 4.79 Å². The second-order valence-electron chi connectivity index (χ2n) is 4.23. The number of esters is 1. The van der Waals surface area contributed by atoms with Crippen LogP contribution in [0.1, 0.15) is 30.0 Å². The van der Waals surface area contributed by atoms with Crippen LogP contribution in [0.4, 0.5) is 0 Å². The molecule has 0 aromatic heterocycles. The standard InChI is InChI=1S/C13H17NO3/c1-8-7-14-12(13(15)17-3)9-5-4-6-10(16-2)11(8)9/h4-6,8,12,14H,7H2,1-3H3. The lowest BCUT2D eigenvalue weighted by atomic mass is 9.87. The number of carbonyl (C=O) groups excluding carboxylic acids is 1. The third kappa shape index (κ3) is 2.00. The Morgan fingerprint density at radius 3 is 2.82 bits per heavy atom. The van der Waals surface area contributed by atoms with Crippen molar-refractivity contribution in [3.63, 3.8) is 0 Å². The Morgan fingerprint density at radius 1 is 1.41 bits per heavy atom. The van der Waals surface area contributed by atoms with Crippen LogP contribution in [0.5, 0.6) is 5.75 Å². The Morgan fingerprint density at radius 2 is 2.18 bits per heavy atom. The second-order valence-corrected chi connectivity index (χ2v) is 4.23. The number of fused-ring (bicyclic) bond motifs is 1. The molecule has 2 atom stereocenters. The van der Waals surface area contributed by atoms with Crippen molar-refractivity contribution in [2.24, 2.45) is 0 Å². The van der Waals surface area contributed by atoms with Crippen LogP contribution in [0.25, 0.3) is 0 Å². The predicted octanol–water partition coefficient (Wildman–Crippen LogP) is 1.62. The van der Waals surface area contributed by atoms with Crippen molar-refractivity contribution in [3.8, 4) is 5.75 Å². The van der Waals surface area contributed by atoms with Gasteiger partial charge in [0.2, 0.25) is 0 Å². The smallest absolute Gasteiger partial charge is 0.327 e. The van der Waals surface area contributed by atoms with E-state index in [0.717, 1.165) is 23.4 Å². The molecule has 1 N–H and O–H groups in total. The summed E-state index contributed by atoms with van der Waals surface area (Å²) in [5.41, 5.74) is 2.05. The van der Waals surface area contributed by atoms with Gasteiger partial charge in [0.15, 0.2) is 0 Å². The topological polar surface area (TPSA) is 47.6 Å². The van der Waals surface area contributed by atoms with Gasteiger partial charge >= 0.3 is 5.97 Å². The van der Waals surface area contributed by atoms with Gasteiger partial charge in [-0.05, 0) is 17.5 Å². The van der Waals surface area contributed by atoms with Crippen molar-refractivity contribution in [1.82, 2.24) is 5.32 Å². The number of rotatable bonds is 2. The first kappa shape index (κ1) is 11.9. The Kier molecular flexibility index (Phi) is 3.33. The second kappa shape index (κ2) is 4.75. The highest BCUT2D eigenvalue weighted by Gasteiger charge is 2.31. The molecule has 2 unspecified atom stereocenters. The van der Waals surface area contributed by atoms with Crippen molar-refractivity contribution < 1.29 is 14.3 Å². The van der Waals surface area contributed by atoms with Gasteiger partial charge in [-0.3, -0.25) is 0 Å². The van der Waals surface area contributed by atoms with Crippen molar-refractivity contribution in [2.45, 2.75) is 18.9 Å². The fraction of sp³-hybridized carbons (Fsp3) is 0.462. The number of nitrogens with one attached hydrogen (secondary N) is 1. The number of benzene rings is 1. The minimum absolute atomic E-state index is 0.258. The van der Waals surface area contributed by atoms with Gasteiger partial charge in [0.05, 0.1) is 14.2 Å². The number of hydrogen-bond donors (Lipinski definition) is 1. The summed E-state index contributed by atoms with van der Waals surface area (Å²) in [6.07, 6.45) is 0. The summed E-state index contributed by atoms with van der Waals surface area (Å²) >= 11 is 0. The molecule has 0 amide bonds. The van der Waals surface area contributed by atoms with Crippen LogP contribution in [0.15, 0.2) is 18.2 Å². The molecule has 1 aromatic carbocycles. The van der Waals surface area contributed by atoms with Crippen LogP contribution < -0.4 is 10.1 Å². The molecule has 0 spiro atoms. The number of carbonyl (C=O) groups is 1. The molecule has 4 nitrogen and oxygen atoms in total. The number of hydrogen-bond acceptors (Lipinski definition) is 4. The van der Waals surface area contributed by atoms with E-state index in [1.807, 2.05) is 18.2 Å². The molecule has 0 fully saturated rings. The zero-order chi connectivity index (χ0) is 12.4. The molecule has 0 saturated carbocycles. The van der Waals surface area contributed by atoms with Crippen LogP contribution in [0.3, 0.4) is 0 Å². The molecular formula is C13H17NO3. The van der Waals surface area contributed by atoms with Gasteiger partial charge in [-0.15, -0.1) is 0 Å². The summed E-state index contributed by atoms with van der Waals surface area (Å²) in [7, 11) is 3.05. The van der Waals surface area contributed by atoms with E-state index >= 15 is 0 Å².